The molecule has 1 saturated heterocycles. The molecule has 2 aliphatic heterocycles. The molecule has 1 fully saturated rings. The molecule has 0 aromatic heterocycles. The highest BCUT2D eigenvalue weighted by Crippen LogP contribution is 2.28. The van der Waals surface area contributed by atoms with Crippen molar-refractivity contribution in [3.05, 3.63) is 83.7 Å². The van der Waals surface area contributed by atoms with E-state index in [0.29, 0.717) is 17.5 Å². The SMILES string of the molecule is C=CCCCCC[C@H](NC(=O)OC(C)(C)C)C(=O)N1C[C@H](OC(=O)N2Cc3cccc(F)c3C2)C[C@H]1C(=O)NC(=O)c1ccccc1. The molecule has 12 heteroatoms. The number of carbonyl (C=O) groups is 5. The third-order valence-corrected chi connectivity index (χ3v) is 7.96. The molecular weight excluding hydrogens is 607 g/mol. The number of amides is 5. The molecule has 11 nitrogen and oxygen atoms in total. The number of allylic oxidation sites excluding steroid dienone is 1. The number of ether oxygens (including phenoxy) is 2. The van der Waals surface area contributed by atoms with Gasteiger partial charge in [-0.15, -0.1) is 6.58 Å². The first kappa shape index (κ1) is 35.1. The minimum atomic E-state index is -1.18. The van der Waals surface area contributed by atoms with Crippen molar-refractivity contribution in [2.75, 3.05) is 6.54 Å². The molecule has 2 N–H and O–H groups in total. The van der Waals surface area contributed by atoms with Gasteiger partial charge >= 0.3 is 12.2 Å². The van der Waals surface area contributed by atoms with E-state index in [1.165, 1.54) is 15.9 Å². The Bertz CT molecular complexity index is 1480. The number of hydrogen-bond acceptors (Lipinski definition) is 7. The summed E-state index contributed by atoms with van der Waals surface area (Å²) in [5.41, 5.74) is 0.525. The van der Waals surface area contributed by atoms with E-state index in [4.69, 9.17) is 9.47 Å². The summed E-state index contributed by atoms with van der Waals surface area (Å²) < 4.78 is 25.5. The Labute approximate surface area is 274 Å². The standard InChI is InChI=1S/C35H43FN4O7/c1-5-6-7-8-12-18-28(37-33(44)47-35(2,3)4)32(43)40-21-25(19-29(40)31(42)38-30(41)23-14-10-9-11-15-23)46-34(45)39-20-24-16-13-17-27(36)26(24)22-39/h5,9-11,13-17,25,28-29H,1,6-8,12,18-22H2,2-4H3,(H,37,44)(H,38,41,42)/t25-,28+,29+/m1/s1. The van der Waals surface area contributed by atoms with Crippen LogP contribution in [0.5, 0.6) is 0 Å². The average molecular weight is 651 g/mol. The Balaban J connectivity index is 1.52. The number of benzene rings is 2. The highest BCUT2D eigenvalue weighted by Gasteiger charge is 2.44. The lowest BCUT2D eigenvalue weighted by atomic mass is 10.1. The Morgan fingerprint density at radius 3 is 2.45 bits per heavy atom. The summed E-state index contributed by atoms with van der Waals surface area (Å²) in [6.07, 6.45) is 2.63. The number of imide groups is 1. The first-order valence-electron chi connectivity index (χ1n) is 15.9. The fraction of sp³-hybridized carbons (Fsp3) is 0.457. The number of nitrogens with one attached hydrogen (secondary N) is 2. The van der Waals surface area contributed by atoms with E-state index in [-0.39, 0.29) is 38.0 Å². The summed E-state index contributed by atoms with van der Waals surface area (Å²) >= 11 is 0. The molecule has 2 aliphatic rings. The lowest BCUT2D eigenvalue weighted by molar-refractivity contribution is -0.140. The van der Waals surface area contributed by atoms with Crippen molar-refractivity contribution in [2.45, 2.75) is 96.2 Å². The van der Waals surface area contributed by atoms with Gasteiger partial charge in [0, 0.05) is 24.1 Å². The second-order valence-electron chi connectivity index (χ2n) is 12.8. The number of alkyl carbamates (subject to hydrolysis) is 1. The molecule has 2 aromatic rings. The number of hydrogen-bond donors (Lipinski definition) is 2. The molecule has 4 rings (SSSR count). The quantitative estimate of drug-likeness (QED) is 0.193. The highest BCUT2D eigenvalue weighted by atomic mass is 19.1. The summed E-state index contributed by atoms with van der Waals surface area (Å²) in [6, 6.07) is 10.6. The molecule has 3 atom stereocenters. The van der Waals surface area contributed by atoms with Crippen LogP contribution in [-0.4, -0.2) is 70.0 Å². The number of fused-ring (bicyclic) bond motifs is 1. The summed E-state index contributed by atoms with van der Waals surface area (Å²) in [6.45, 7) is 8.87. The molecule has 5 amide bonds. The molecule has 0 bridgehead atoms. The first-order chi connectivity index (χ1) is 22.4. The zero-order chi connectivity index (χ0) is 34.1. The second kappa shape index (κ2) is 15.7. The molecule has 0 radical (unpaired) electrons. The average Bonchev–Trinajstić information content (AvgIpc) is 3.65. The fourth-order valence-electron chi connectivity index (χ4n) is 5.68. The van der Waals surface area contributed by atoms with Crippen LogP contribution in [0.4, 0.5) is 14.0 Å². The van der Waals surface area contributed by atoms with E-state index in [9.17, 15) is 28.4 Å². The van der Waals surface area contributed by atoms with Crippen LogP contribution in [0.3, 0.4) is 0 Å². The third kappa shape index (κ3) is 9.63. The van der Waals surface area contributed by atoms with Gasteiger partial charge in [0.2, 0.25) is 11.8 Å². The summed E-state index contributed by atoms with van der Waals surface area (Å²) in [4.78, 5) is 69.0. The van der Waals surface area contributed by atoms with Crippen molar-refractivity contribution in [1.82, 2.24) is 20.4 Å². The predicted octanol–water partition coefficient (Wildman–Crippen LogP) is 5.23. The van der Waals surface area contributed by atoms with E-state index in [2.05, 4.69) is 17.2 Å². The molecule has 47 heavy (non-hydrogen) atoms. The molecule has 2 aromatic carbocycles. The van der Waals surface area contributed by atoms with Crippen LogP contribution in [0.25, 0.3) is 0 Å². The van der Waals surface area contributed by atoms with E-state index < -0.39 is 59.5 Å². The number of rotatable bonds is 11. The van der Waals surface area contributed by atoms with Crippen molar-refractivity contribution in [3.8, 4) is 0 Å². The van der Waals surface area contributed by atoms with Crippen LogP contribution in [0, 0.1) is 5.82 Å². The number of carbonyl (C=O) groups excluding carboxylic acids is 5. The van der Waals surface area contributed by atoms with Gasteiger partial charge < -0.3 is 19.7 Å². The van der Waals surface area contributed by atoms with Crippen molar-refractivity contribution in [1.29, 1.82) is 0 Å². The molecule has 0 spiro atoms. The van der Waals surface area contributed by atoms with Crippen LogP contribution in [0.1, 0.15) is 80.8 Å². The molecule has 0 saturated carbocycles. The van der Waals surface area contributed by atoms with Crippen molar-refractivity contribution >= 4 is 29.9 Å². The zero-order valence-electron chi connectivity index (χ0n) is 27.1. The zero-order valence-corrected chi connectivity index (χ0v) is 27.1. The second-order valence-corrected chi connectivity index (χ2v) is 12.8. The van der Waals surface area contributed by atoms with Crippen LogP contribution in [0.2, 0.25) is 0 Å². The normalized spacial score (nSPS) is 17.8. The minimum absolute atomic E-state index is 0.0272. The van der Waals surface area contributed by atoms with Gasteiger partial charge in [0.25, 0.3) is 5.91 Å². The van der Waals surface area contributed by atoms with Gasteiger partial charge in [-0.05, 0) is 63.8 Å². The van der Waals surface area contributed by atoms with Gasteiger partial charge in [-0.3, -0.25) is 24.6 Å². The van der Waals surface area contributed by atoms with Crippen LogP contribution < -0.4 is 10.6 Å². The summed E-state index contributed by atoms with van der Waals surface area (Å²) in [5.74, 6) is -2.38. The topological polar surface area (TPSA) is 134 Å². The lowest BCUT2D eigenvalue weighted by Gasteiger charge is -2.29. The maximum absolute atomic E-state index is 14.3. The van der Waals surface area contributed by atoms with Crippen LogP contribution in [0.15, 0.2) is 61.2 Å². The number of nitrogens with zero attached hydrogens (tertiary/aromatic N) is 2. The fourth-order valence-corrected chi connectivity index (χ4v) is 5.68. The molecular formula is C35H43FN4O7. The van der Waals surface area contributed by atoms with Gasteiger partial charge in [-0.25, -0.2) is 14.0 Å². The van der Waals surface area contributed by atoms with E-state index in [0.717, 1.165) is 19.3 Å². The Kier molecular flexibility index (Phi) is 11.7. The first-order valence-corrected chi connectivity index (χ1v) is 15.9. The van der Waals surface area contributed by atoms with Crippen LogP contribution in [-0.2, 0) is 32.2 Å². The Morgan fingerprint density at radius 1 is 1.02 bits per heavy atom. The van der Waals surface area contributed by atoms with Gasteiger partial charge in [0.05, 0.1) is 13.1 Å². The smallest absolute Gasteiger partial charge is 0.410 e. The molecule has 0 aliphatic carbocycles. The van der Waals surface area contributed by atoms with Gasteiger partial charge in [0.1, 0.15) is 29.6 Å². The molecule has 252 valence electrons. The monoisotopic (exact) mass is 650 g/mol. The van der Waals surface area contributed by atoms with E-state index in [1.807, 2.05) is 6.08 Å². The summed E-state index contributed by atoms with van der Waals surface area (Å²) in [7, 11) is 0. The van der Waals surface area contributed by atoms with Gasteiger partial charge in [0.15, 0.2) is 0 Å². The molecule has 0 unspecified atom stereocenters. The highest BCUT2D eigenvalue weighted by molar-refractivity contribution is 6.07. The van der Waals surface area contributed by atoms with Crippen molar-refractivity contribution in [3.63, 3.8) is 0 Å². The number of likely N-dealkylation sites (tertiary alicyclic amines) is 1. The maximum atomic E-state index is 14.3. The number of halogens is 1. The predicted molar refractivity (Wildman–Crippen MR) is 171 cm³/mol. The van der Waals surface area contributed by atoms with E-state index >= 15 is 0 Å². The largest absolute Gasteiger partial charge is 0.444 e. The Hall–Kier alpha value is -4.74. The Morgan fingerprint density at radius 2 is 1.77 bits per heavy atom. The summed E-state index contributed by atoms with van der Waals surface area (Å²) in [5, 5.41) is 5.02. The minimum Gasteiger partial charge on any atom is -0.444 e. The number of unbranched alkanes of at least 4 members (excludes halogenated alkanes) is 3. The maximum Gasteiger partial charge on any atom is 0.410 e. The molecule has 2 heterocycles. The van der Waals surface area contributed by atoms with Crippen molar-refractivity contribution < 1.29 is 37.8 Å². The van der Waals surface area contributed by atoms with Crippen molar-refractivity contribution in [2.24, 2.45) is 0 Å². The van der Waals surface area contributed by atoms with E-state index in [1.54, 1.807) is 63.2 Å². The lowest BCUT2D eigenvalue weighted by Crippen LogP contribution is -2.54. The van der Waals surface area contributed by atoms with Crippen LogP contribution >= 0.6 is 0 Å². The van der Waals surface area contributed by atoms with Gasteiger partial charge in [-0.1, -0.05) is 49.2 Å². The third-order valence-electron chi connectivity index (χ3n) is 7.96. The van der Waals surface area contributed by atoms with Gasteiger partial charge in [-0.2, -0.15) is 0 Å².